The Hall–Kier alpha value is -1.14. The van der Waals surface area contributed by atoms with Gasteiger partial charge in [0.05, 0.1) is 13.2 Å². The van der Waals surface area contributed by atoms with Gasteiger partial charge in [-0.25, -0.2) is 0 Å². The van der Waals surface area contributed by atoms with E-state index in [9.17, 15) is 9.59 Å². The highest BCUT2D eigenvalue weighted by Crippen LogP contribution is 2.21. The Balaban J connectivity index is 2.01. The van der Waals surface area contributed by atoms with Gasteiger partial charge in [-0.2, -0.15) is 0 Å². The second-order valence-corrected chi connectivity index (χ2v) is 6.27. The Labute approximate surface area is 133 Å². The second kappa shape index (κ2) is 7.92. The lowest BCUT2D eigenvalue weighted by Gasteiger charge is -2.46. The molecule has 22 heavy (non-hydrogen) atoms. The van der Waals surface area contributed by atoms with Crippen molar-refractivity contribution in [1.82, 2.24) is 15.1 Å². The Morgan fingerprint density at radius 2 is 1.77 bits per heavy atom. The molecule has 0 aromatic heterocycles. The molecule has 2 amide bonds. The Bertz CT molecular complexity index is 396. The molecule has 2 rings (SSSR count). The quantitative estimate of drug-likeness (QED) is 0.826. The van der Waals surface area contributed by atoms with Gasteiger partial charge in [-0.15, -0.1) is 0 Å². The predicted octanol–water partition coefficient (Wildman–Crippen LogP) is 0.613. The lowest BCUT2D eigenvalue weighted by molar-refractivity contribution is -0.146. The summed E-state index contributed by atoms with van der Waals surface area (Å²) in [5, 5.41) is 3.34. The van der Waals surface area contributed by atoms with E-state index in [1.54, 1.807) is 6.92 Å². The zero-order valence-electron chi connectivity index (χ0n) is 14.0. The molecule has 0 aromatic rings. The van der Waals surface area contributed by atoms with Crippen LogP contribution in [0.2, 0.25) is 0 Å². The first-order valence-corrected chi connectivity index (χ1v) is 8.44. The average molecular weight is 311 g/mol. The van der Waals surface area contributed by atoms with Crippen LogP contribution in [0.4, 0.5) is 0 Å². The number of nitrogens with zero attached hydrogens (tertiary/aromatic N) is 2. The van der Waals surface area contributed by atoms with Crippen LogP contribution in [0.3, 0.4) is 0 Å². The summed E-state index contributed by atoms with van der Waals surface area (Å²) in [4.78, 5) is 28.4. The fourth-order valence-corrected chi connectivity index (χ4v) is 3.42. The van der Waals surface area contributed by atoms with E-state index in [1.165, 1.54) is 0 Å². The van der Waals surface area contributed by atoms with Crippen LogP contribution < -0.4 is 5.32 Å². The van der Waals surface area contributed by atoms with Crippen molar-refractivity contribution in [3.63, 3.8) is 0 Å². The van der Waals surface area contributed by atoms with Crippen LogP contribution in [0.25, 0.3) is 0 Å². The molecule has 2 saturated heterocycles. The molecular formula is C16H29N3O3. The summed E-state index contributed by atoms with van der Waals surface area (Å²) in [6, 6.07) is 0.383. The number of hydrogen-bond acceptors (Lipinski definition) is 4. The van der Waals surface area contributed by atoms with Crippen molar-refractivity contribution in [2.24, 2.45) is 0 Å². The summed E-state index contributed by atoms with van der Waals surface area (Å²) in [5.74, 6) is 0.288. The molecule has 2 heterocycles. The molecular weight excluding hydrogens is 282 g/mol. The van der Waals surface area contributed by atoms with E-state index in [-0.39, 0.29) is 29.9 Å². The van der Waals surface area contributed by atoms with Crippen molar-refractivity contribution in [2.45, 2.75) is 58.2 Å². The Morgan fingerprint density at radius 1 is 1.14 bits per heavy atom. The number of piperazine rings is 1. The summed E-state index contributed by atoms with van der Waals surface area (Å²) in [6.45, 7) is 9.22. The van der Waals surface area contributed by atoms with E-state index in [0.29, 0.717) is 26.1 Å². The van der Waals surface area contributed by atoms with Crippen LogP contribution in [0, 0.1) is 0 Å². The summed E-state index contributed by atoms with van der Waals surface area (Å²) in [7, 11) is 0. The van der Waals surface area contributed by atoms with Crippen molar-refractivity contribution in [1.29, 1.82) is 0 Å². The van der Waals surface area contributed by atoms with Crippen molar-refractivity contribution >= 4 is 11.8 Å². The molecule has 0 radical (unpaired) electrons. The van der Waals surface area contributed by atoms with E-state index < -0.39 is 0 Å². The normalized spacial score (nSPS) is 29.5. The van der Waals surface area contributed by atoms with Crippen molar-refractivity contribution in [2.75, 3.05) is 32.8 Å². The summed E-state index contributed by atoms with van der Waals surface area (Å²) in [6.07, 6.45) is 2.23. The number of hydrogen-bond donors (Lipinski definition) is 1. The molecule has 3 atom stereocenters. The summed E-state index contributed by atoms with van der Waals surface area (Å²) >= 11 is 0. The molecule has 6 nitrogen and oxygen atoms in total. The average Bonchev–Trinajstić information content (AvgIpc) is 2.54. The lowest BCUT2D eigenvalue weighted by atomic mass is 10.0. The third-order valence-electron chi connectivity index (χ3n) is 4.78. The van der Waals surface area contributed by atoms with Gasteiger partial charge in [0.25, 0.3) is 0 Å². The maximum atomic E-state index is 12.7. The van der Waals surface area contributed by atoms with Gasteiger partial charge in [0.2, 0.25) is 11.8 Å². The highest BCUT2D eigenvalue weighted by molar-refractivity contribution is 5.78. The fraction of sp³-hybridized carbons (Fsp3) is 0.875. The van der Waals surface area contributed by atoms with Gasteiger partial charge >= 0.3 is 0 Å². The minimum atomic E-state index is 0.111. The first-order chi connectivity index (χ1) is 10.6. The molecule has 3 unspecified atom stereocenters. The highest BCUT2D eigenvalue weighted by atomic mass is 16.5. The van der Waals surface area contributed by atoms with E-state index in [2.05, 4.69) is 19.2 Å². The highest BCUT2D eigenvalue weighted by Gasteiger charge is 2.36. The van der Waals surface area contributed by atoms with Gasteiger partial charge in [0.1, 0.15) is 0 Å². The number of carbonyl (C=O) groups excluding carboxylic acids is 2. The minimum absolute atomic E-state index is 0.111. The molecule has 0 aliphatic carbocycles. The largest absolute Gasteiger partial charge is 0.378 e. The first kappa shape index (κ1) is 17.2. The zero-order valence-corrected chi connectivity index (χ0v) is 14.0. The molecule has 2 aliphatic rings. The number of rotatable bonds is 4. The van der Waals surface area contributed by atoms with Crippen LogP contribution in [0.5, 0.6) is 0 Å². The van der Waals surface area contributed by atoms with Crippen LogP contribution in [-0.2, 0) is 14.3 Å². The van der Waals surface area contributed by atoms with Gasteiger partial charge in [0, 0.05) is 51.1 Å². The molecule has 0 saturated carbocycles. The monoisotopic (exact) mass is 311 g/mol. The van der Waals surface area contributed by atoms with Crippen LogP contribution >= 0.6 is 0 Å². The molecule has 0 bridgehead atoms. The lowest BCUT2D eigenvalue weighted by Crippen LogP contribution is -2.61. The first-order valence-electron chi connectivity index (χ1n) is 8.44. The molecule has 2 aliphatic heterocycles. The SMILES string of the molecule is CCC1CN(C(=O)CC2COCCN2)C(CC)CN1C(C)=O. The molecule has 0 spiro atoms. The molecule has 1 N–H and O–H groups in total. The van der Waals surface area contributed by atoms with Crippen LogP contribution in [-0.4, -0.2) is 72.6 Å². The number of amides is 2. The van der Waals surface area contributed by atoms with Crippen molar-refractivity contribution in [3.8, 4) is 0 Å². The maximum absolute atomic E-state index is 12.7. The Kier molecular flexibility index (Phi) is 6.20. The Morgan fingerprint density at radius 3 is 2.32 bits per heavy atom. The second-order valence-electron chi connectivity index (χ2n) is 6.27. The van der Waals surface area contributed by atoms with E-state index in [1.807, 2.05) is 9.80 Å². The number of morpholine rings is 1. The van der Waals surface area contributed by atoms with Gasteiger partial charge in [-0.05, 0) is 12.8 Å². The summed E-state index contributed by atoms with van der Waals surface area (Å²) < 4.78 is 5.43. The minimum Gasteiger partial charge on any atom is -0.378 e. The third-order valence-corrected chi connectivity index (χ3v) is 4.78. The predicted molar refractivity (Wildman–Crippen MR) is 84.5 cm³/mol. The third kappa shape index (κ3) is 3.98. The number of ether oxygens (including phenoxy) is 1. The smallest absolute Gasteiger partial charge is 0.224 e. The van der Waals surface area contributed by atoms with Gasteiger partial charge < -0.3 is 19.9 Å². The van der Waals surface area contributed by atoms with E-state index >= 15 is 0 Å². The number of carbonyl (C=O) groups is 2. The maximum Gasteiger partial charge on any atom is 0.224 e. The van der Waals surface area contributed by atoms with Gasteiger partial charge in [-0.1, -0.05) is 13.8 Å². The standard InChI is InChI=1S/C16H29N3O3/c1-4-14-10-19(15(5-2)9-18(14)12(3)20)16(21)8-13-11-22-7-6-17-13/h13-15,17H,4-11H2,1-3H3. The van der Waals surface area contributed by atoms with Crippen LogP contribution in [0.1, 0.15) is 40.0 Å². The molecule has 0 aromatic carbocycles. The van der Waals surface area contributed by atoms with E-state index in [0.717, 1.165) is 26.0 Å². The number of nitrogens with one attached hydrogen (secondary N) is 1. The van der Waals surface area contributed by atoms with Gasteiger partial charge in [-0.3, -0.25) is 9.59 Å². The van der Waals surface area contributed by atoms with Crippen LogP contribution in [0.15, 0.2) is 0 Å². The molecule has 6 heteroatoms. The molecule has 2 fully saturated rings. The zero-order chi connectivity index (χ0) is 16.1. The van der Waals surface area contributed by atoms with Crippen molar-refractivity contribution in [3.05, 3.63) is 0 Å². The van der Waals surface area contributed by atoms with E-state index in [4.69, 9.17) is 4.74 Å². The summed E-state index contributed by atoms with van der Waals surface area (Å²) in [5.41, 5.74) is 0. The topological polar surface area (TPSA) is 61.9 Å². The fourth-order valence-electron chi connectivity index (χ4n) is 3.42. The van der Waals surface area contributed by atoms with Crippen molar-refractivity contribution < 1.29 is 14.3 Å². The molecule has 126 valence electrons. The van der Waals surface area contributed by atoms with Gasteiger partial charge in [0.15, 0.2) is 0 Å².